The monoisotopic (exact) mass is 333 g/mol. The van der Waals surface area contributed by atoms with Crippen LogP contribution in [0, 0.1) is 6.92 Å². The van der Waals surface area contributed by atoms with Crippen molar-refractivity contribution in [3.63, 3.8) is 0 Å². The Morgan fingerprint density at radius 3 is 2.74 bits per heavy atom. The van der Waals surface area contributed by atoms with E-state index in [9.17, 15) is 9.59 Å². The van der Waals surface area contributed by atoms with E-state index in [1.807, 2.05) is 51.0 Å². The topological polar surface area (TPSA) is 65.2 Å². The minimum absolute atomic E-state index is 0.0124. The molecular formula is C17H23N3O2S. The first kappa shape index (κ1) is 17.4. The van der Waals surface area contributed by atoms with Crippen molar-refractivity contribution in [2.24, 2.45) is 0 Å². The summed E-state index contributed by atoms with van der Waals surface area (Å²) >= 11 is 1.64. The molecule has 0 saturated heterocycles. The molecule has 2 aromatic rings. The molecule has 0 aromatic carbocycles. The summed E-state index contributed by atoms with van der Waals surface area (Å²) in [5.74, 6) is 0.0124. The number of aromatic nitrogens is 1. The van der Waals surface area contributed by atoms with E-state index in [1.165, 1.54) is 0 Å². The second-order valence-corrected chi connectivity index (χ2v) is 6.96. The number of rotatable bonds is 6. The predicted octanol–water partition coefficient (Wildman–Crippen LogP) is 2.15. The van der Waals surface area contributed by atoms with Crippen molar-refractivity contribution in [1.29, 1.82) is 0 Å². The first-order valence-corrected chi connectivity index (χ1v) is 8.45. The summed E-state index contributed by atoms with van der Waals surface area (Å²) in [4.78, 5) is 30.5. The molecule has 1 amide bonds. The Kier molecular flexibility index (Phi) is 5.74. The molecule has 0 bridgehead atoms. The quantitative estimate of drug-likeness (QED) is 0.851. The van der Waals surface area contributed by atoms with Gasteiger partial charge in [-0.15, -0.1) is 11.3 Å². The number of nitrogens with one attached hydrogen (secondary N) is 2. The van der Waals surface area contributed by atoms with Crippen LogP contribution in [0.5, 0.6) is 0 Å². The van der Waals surface area contributed by atoms with Crippen molar-refractivity contribution < 1.29 is 4.79 Å². The smallest absolute Gasteiger partial charge is 0.251 e. The number of pyridine rings is 1. The van der Waals surface area contributed by atoms with E-state index in [1.54, 1.807) is 11.3 Å². The van der Waals surface area contributed by atoms with Crippen LogP contribution in [0.25, 0.3) is 10.4 Å². The molecule has 0 aliphatic rings. The SMILES string of the molecule is CCc1cc(-c2ccc(CNC(=O)CN(C)C)s2)c(C)[nH]c1=O. The molecule has 0 saturated carbocycles. The van der Waals surface area contributed by atoms with Crippen LogP contribution in [-0.2, 0) is 17.8 Å². The van der Waals surface area contributed by atoms with Crippen LogP contribution in [0.2, 0.25) is 0 Å². The Bertz CT molecular complexity index is 747. The highest BCUT2D eigenvalue weighted by molar-refractivity contribution is 7.15. The summed E-state index contributed by atoms with van der Waals surface area (Å²) < 4.78 is 0. The van der Waals surface area contributed by atoms with E-state index in [-0.39, 0.29) is 11.5 Å². The Morgan fingerprint density at radius 2 is 2.09 bits per heavy atom. The van der Waals surface area contributed by atoms with E-state index in [0.717, 1.165) is 26.6 Å². The van der Waals surface area contributed by atoms with Gasteiger partial charge in [-0.05, 0) is 45.6 Å². The summed E-state index contributed by atoms with van der Waals surface area (Å²) in [6.07, 6.45) is 0.710. The molecule has 0 fully saturated rings. The molecule has 124 valence electrons. The van der Waals surface area contributed by atoms with Crippen LogP contribution in [-0.4, -0.2) is 36.4 Å². The van der Waals surface area contributed by atoms with Gasteiger partial charge in [-0.1, -0.05) is 6.92 Å². The summed E-state index contributed by atoms with van der Waals surface area (Å²) in [6.45, 7) is 4.80. The summed E-state index contributed by atoms with van der Waals surface area (Å²) in [6, 6.07) is 6.03. The molecule has 2 heterocycles. The number of hydrogen-bond acceptors (Lipinski definition) is 4. The van der Waals surface area contributed by atoms with Crippen molar-refractivity contribution in [1.82, 2.24) is 15.2 Å². The maximum atomic E-state index is 11.8. The second-order valence-electron chi connectivity index (χ2n) is 5.80. The largest absolute Gasteiger partial charge is 0.350 e. The molecule has 0 atom stereocenters. The molecule has 0 radical (unpaired) electrons. The average molecular weight is 333 g/mol. The summed E-state index contributed by atoms with van der Waals surface area (Å²) in [5.41, 5.74) is 2.70. The molecule has 23 heavy (non-hydrogen) atoms. The zero-order chi connectivity index (χ0) is 17.0. The highest BCUT2D eigenvalue weighted by Crippen LogP contribution is 2.29. The minimum Gasteiger partial charge on any atom is -0.350 e. The highest BCUT2D eigenvalue weighted by Gasteiger charge is 2.10. The molecule has 0 unspecified atom stereocenters. The first-order valence-electron chi connectivity index (χ1n) is 7.64. The van der Waals surface area contributed by atoms with Crippen molar-refractivity contribution in [2.45, 2.75) is 26.8 Å². The lowest BCUT2D eigenvalue weighted by molar-refractivity contribution is -0.121. The summed E-state index contributed by atoms with van der Waals surface area (Å²) in [5, 5.41) is 2.91. The average Bonchev–Trinajstić information content (AvgIpc) is 2.93. The van der Waals surface area contributed by atoms with Crippen LogP contribution in [0.4, 0.5) is 0 Å². The number of amides is 1. The van der Waals surface area contributed by atoms with Gasteiger partial charge in [-0.3, -0.25) is 9.59 Å². The number of aryl methyl sites for hydroxylation is 2. The Labute approximate surface area is 140 Å². The van der Waals surface area contributed by atoms with E-state index in [2.05, 4.69) is 10.3 Å². The zero-order valence-electron chi connectivity index (χ0n) is 14.0. The normalized spacial score (nSPS) is 11.0. The number of likely N-dealkylation sites (N-methyl/N-ethyl adjacent to an activating group) is 1. The lowest BCUT2D eigenvalue weighted by Crippen LogP contribution is -2.32. The number of H-pyrrole nitrogens is 1. The van der Waals surface area contributed by atoms with Crippen LogP contribution in [0.1, 0.15) is 23.1 Å². The first-order chi connectivity index (χ1) is 10.9. The zero-order valence-corrected chi connectivity index (χ0v) is 14.8. The number of thiophene rings is 1. The lowest BCUT2D eigenvalue weighted by Gasteiger charge is -2.09. The maximum Gasteiger partial charge on any atom is 0.251 e. The van der Waals surface area contributed by atoms with Crippen LogP contribution in [0.15, 0.2) is 23.0 Å². The van der Waals surface area contributed by atoms with Crippen molar-refractivity contribution in [3.8, 4) is 10.4 Å². The van der Waals surface area contributed by atoms with E-state index in [4.69, 9.17) is 0 Å². The van der Waals surface area contributed by atoms with Gasteiger partial charge in [0.25, 0.3) is 5.56 Å². The molecular weight excluding hydrogens is 310 g/mol. The molecule has 6 heteroatoms. The van der Waals surface area contributed by atoms with E-state index >= 15 is 0 Å². The van der Waals surface area contributed by atoms with Crippen LogP contribution >= 0.6 is 11.3 Å². The molecule has 2 rings (SSSR count). The third-order valence-corrected chi connectivity index (χ3v) is 4.66. The number of carbonyl (C=O) groups is 1. The summed E-state index contributed by atoms with van der Waals surface area (Å²) in [7, 11) is 3.74. The van der Waals surface area contributed by atoms with Gasteiger partial charge in [0.1, 0.15) is 0 Å². The minimum atomic E-state index is -0.0125. The molecule has 5 nitrogen and oxygen atoms in total. The predicted molar refractivity (Wildman–Crippen MR) is 94.9 cm³/mol. The fraction of sp³-hybridized carbons (Fsp3) is 0.412. The van der Waals surface area contributed by atoms with Gasteiger partial charge >= 0.3 is 0 Å². The third-order valence-electron chi connectivity index (χ3n) is 3.54. The van der Waals surface area contributed by atoms with Gasteiger partial charge < -0.3 is 15.2 Å². The van der Waals surface area contributed by atoms with E-state index < -0.39 is 0 Å². The molecule has 2 N–H and O–H groups in total. The fourth-order valence-corrected chi connectivity index (χ4v) is 3.35. The Hall–Kier alpha value is -1.92. The lowest BCUT2D eigenvalue weighted by atomic mass is 10.1. The number of hydrogen-bond donors (Lipinski definition) is 2. The number of nitrogens with zero attached hydrogens (tertiary/aromatic N) is 1. The van der Waals surface area contributed by atoms with Crippen LogP contribution < -0.4 is 10.9 Å². The third kappa shape index (κ3) is 4.53. The fourth-order valence-electron chi connectivity index (χ4n) is 2.33. The van der Waals surface area contributed by atoms with Gasteiger partial charge in [-0.25, -0.2) is 0 Å². The van der Waals surface area contributed by atoms with E-state index in [0.29, 0.717) is 19.5 Å². The number of carbonyl (C=O) groups excluding carboxylic acids is 1. The van der Waals surface area contributed by atoms with Crippen molar-refractivity contribution >= 4 is 17.2 Å². The highest BCUT2D eigenvalue weighted by atomic mass is 32.1. The molecule has 0 aliphatic carbocycles. The molecule has 0 aliphatic heterocycles. The Balaban J connectivity index is 2.13. The second kappa shape index (κ2) is 7.57. The van der Waals surface area contributed by atoms with Gasteiger partial charge in [0.05, 0.1) is 13.1 Å². The standard InChI is InChI=1S/C17H23N3O2S/c1-5-12-8-14(11(2)19-17(12)22)15-7-6-13(23-15)9-18-16(21)10-20(3)4/h6-8H,5,9-10H2,1-4H3,(H,18,21)(H,19,22). The Morgan fingerprint density at radius 1 is 1.35 bits per heavy atom. The van der Waals surface area contributed by atoms with Gasteiger partial charge in [-0.2, -0.15) is 0 Å². The number of aromatic amines is 1. The van der Waals surface area contributed by atoms with Crippen LogP contribution in [0.3, 0.4) is 0 Å². The molecule has 0 spiro atoms. The van der Waals surface area contributed by atoms with Crippen molar-refractivity contribution in [3.05, 3.63) is 44.7 Å². The van der Waals surface area contributed by atoms with Gasteiger partial charge in [0.2, 0.25) is 5.91 Å². The molecule has 2 aromatic heterocycles. The van der Waals surface area contributed by atoms with Gasteiger partial charge in [0, 0.05) is 26.6 Å². The van der Waals surface area contributed by atoms with Crippen molar-refractivity contribution in [2.75, 3.05) is 20.6 Å². The van der Waals surface area contributed by atoms with Gasteiger partial charge in [0.15, 0.2) is 0 Å². The maximum absolute atomic E-state index is 11.8.